The van der Waals surface area contributed by atoms with Crippen LogP contribution < -0.4 is 5.32 Å². The number of benzene rings is 1. The number of carbonyl (C=O) groups excluding carboxylic acids is 1. The van der Waals surface area contributed by atoms with Gasteiger partial charge in [-0.2, -0.15) is 0 Å². The van der Waals surface area contributed by atoms with Crippen molar-refractivity contribution in [3.63, 3.8) is 0 Å². The van der Waals surface area contributed by atoms with Gasteiger partial charge in [0.2, 0.25) is 5.71 Å². The average molecular weight is 427 g/mol. The Balaban J connectivity index is 1.63. The first-order chi connectivity index (χ1) is 14.8. The quantitative estimate of drug-likeness (QED) is 0.709. The van der Waals surface area contributed by atoms with E-state index < -0.39 is 41.7 Å². The Morgan fingerprint density at radius 3 is 2.77 bits per heavy atom. The third-order valence-electron chi connectivity index (χ3n) is 5.96. The number of hydrogen-bond acceptors (Lipinski definition) is 5. The average Bonchev–Trinajstić information content (AvgIpc) is 2.74. The van der Waals surface area contributed by atoms with Gasteiger partial charge in [-0.3, -0.25) is 14.7 Å². The number of alkyl halides is 1. The first-order valence-electron chi connectivity index (χ1n) is 9.97. The fourth-order valence-electron chi connectivity index (χ4n) is 4.46. The highest BCUT2D eigenvalue weighted by molar-refractivity contribution is 6.64. The molecule has 3 aliphatic heterocycles. The molecule has 4 unspecified atom stereocenters. The van der Waals surface area contributed by atoms with Crippen molar-refractivity contribution in [3.05, 3.63) is 70.7 Å². The summed E-state index contributed by atoms with van der Waals surface area (Å²) < 4.78 is 34.6. The van der Waals surface area contributed by atoms with Crippen molar-refractivity contribution in [2.45, 2.75) is 44.1 Å². The summed E-state index contributed by atoms with van der Waals surface area (Å²) in [5.41, 5.74) is 0.714. The second-order valence-corrected chi connectivity index (χ2v) is 7.97. The summed E-state index contributed by atoms with van der Waals surface area (Å²) in [5.74, 6) is -2.67. The minimum atomic E-state index is -1.65. The summed E-state index contributed by atoms with van der Waals surface area (Å²) in [6.45, 7) is 2.01. The van der Waals surface area contributed by atoms with Crippen molar-refractivity contribution in [1.29, 1.82) is 0 Å². The Labute approximate surface area is 176 Å². The third kappa shape index (κ3) is 3.07. The zero-order valence-corrected chi connectivity index (χ0v) is 16.5. The number of amides is 1. The summed E-state index contributed by atoms with van der Waals surface area (Å²) in [6.07, 6.45) is 2.67. The molecular formula is C22H19F2N3O4. The van der Waals surface area contributed by atoms with Crippen molar-refractivity contribution < 1.29 is 28.2 Å². The number of carbonyl (C=O) groups is 2. The Morgan fingerprint density at radius 1 is 1.32 bits per heavy atom. The van der Waals surface area contributed by atoms with E-state index in [9.17, 15) is 19.1 Å². The molecule has 5 rings (SSSR count). The van der Waals surface area contributed by atoms with E-state index in [1.807, 2.05) is 6.92 Å². The predicted octanol–water partition coefficient (Wildman–Crippen LogP) is 2.74. The van der Waals surface area contributed by atoms with E-state index in [2.05, 4.69) is 10.3 Å². The minimum Gasteiger partial charge on any atom is -0.476 e. The molecule has 1 aliphatic carbocycles. The lowest BCUT2D eigenvalue weighted by Crippen LogP contribution is -2.52. The largest absolute Gasteiger partial charge is 0.476 e. The Morgan fingerprint density at radius 2 is 2.06 bits per heavy atom. The van der Waals surface area contributed by atoms with Gasteiger partial charge >= 0.3 is 5.97 Å². The van der Waals surface area contributed by atoms with Crippen LogP contribution >= 0.6 is 0 Å². The zero-order valence-electron chi connectivity index (χ0n) is 16.5. The summed E-state index contributed by atoms with van der Waals surface area (Å²) in [6, 6.07) is 4.11. The molecule has 7 nitrogen and oxygen atoms in total. The second kappa shape index (κ2) is 7.12. The molecule has 1 fully saturated rings. The number of nitrogens with one attached hydrogen (secondary N) is 1. The number of carboxylic acids is 1. The van der Waals surface area contributed by atoms with Gasteiger partial charge in [0.1, 0.15) is 29.6 Å². The normalized spacial score (nSPS) is 29.7. The monoisotopic (exact) mass is 427 g/mol. The lowest BCUT2D eigenvalue weighted by atomic mass is 9.85. The lowest BCUT2D eigenvalue weighted by molar-refractivity contribution is -0.132. The van der Waals surface area contributed by atoms with E-state index in [1.54, 1.807) is 0 Å². The molecule has 4 atom stereocenters. The van der Waals surface area contributed by atoms with Crippen LogP contribution in [0.25, 0.3) is 0 Å². The van der Waals surface area contributed by atoms with Crippen LogP contribution in [-0.4, -0.2) is 45.8 Å². The predicted molar refractivity (Wildman–Crippen MR) is 106 cm³/mol. The van der Waals surface area contributed by atoms with Crippen LogP contribution in [0.2, 0.25) is 0 Å². The van der Waals surface area contributed by atoms with Crippen LogP contribution in [-0.2, 0) is 14.3 Å². The van der Waals surface area contributed by atoms with Crippen LogP contribution in [0.5, 0.6) is 0 Å². The van der Waals surface area contributed by atoms with Crippen molar-refractivity contribution in [2.24, 2.45) is 4.99 Å². The molecule has 0 radical (unpaired) electrons. The summed E-state index contributed by atoms with van der Waals surface area (Å²) in [7, 11) is 0. The Hall–Kier alpha value is -3.33. The number of nitrogens with zero attached hydrogens (tertiary/aromatic N) is 2. The molecule has 3 heterocycles. The van der Waals surface area contributed by atoms with Gasteiger partial charge < -0.3 is 15.2 Å². The van der Waals surface area contributed by atoms with Crippen LogP contribution in [0, 0.1) is 5.82 Å². The highest BCUT2D eigenvalue weighted by atomic mass is 19.1. The zero-order chi connectivity index (χ0) is 21.9. The van der Waals surface area contributed by atoms with E-state index in [0.29, 0.717) is 12.0 Å². The maximum atomic E-state index is 15.3. The highest BCUT2D eigenvalue weighted by Crippen LogP contribution is 2.44. The number of allylic oxidation sites excluding steroid dienone is 1. The van der Waals surface area contributed by atoms with Crippen molar-refractivity contribution >= 4 is 17.6 Å². The number of fused-ring (bicyclic) bond motifs is 4. The van der Waals surface area contributed by atoms with Crippen molar-refractivity contribution in [2.75, 3.05) is 0 Å². The smallest absolute Gasteiger partial charge is 0.359 e. The maximum Gasteiger partial charge on any atom is 0.359 e. The van der Waals surface area contributed by atoms with Gasteiger partial charge in [-0.1, -0.05) is 12.1 Å². The number of ether oxygens (including phenoxy) is 1. The molecule has 0 aromatic heterocycles. The summed E-state index contributed by atoms with van der Waals surface area (Å²) in [5, 5.41) is 12.9. The molecule has 1 aromatic rings. The Bertz CT molecular complexity index is 1110. The van der Waals surface area contributed by atoms with E-state index in [1.165, 1.54) is 36.6 Å². The van der Waals surface area contributed by atoms with Crippen LogP contribution in [0.15, 0.2) is 64.3 Å². The van der Waals surface area contributed by atoms with Gasteiger partial charge in [0.15, 0.2) is 6.17 Å². The molecule has 0 saturated carbocycles. The standard InChI is InChI=1S/C22H19F2N3O4/c1-10-2-3-12-8-14(24)19-20(17(12)25-10)31-9-15-16(11-4-6-13(23)7-5-11)26-18(22(29)30)21(28)27(15)19/h4-10,14,16-17,25H,2-3H2,1H3,(H,29,30). The van der Waals surface area contributed by atoms with E-state index >= 15 is 4.39 Å². The number of hydrogen-bond donors (Lipinski definition) is 2. The fourth-order valence-corrected chi connectivity index (χ4v) is 4.46. The lowest BCUT2D eigenvalue weighted by Gasteiger charge is -2.43. The molecule has 1 amide bonds. The highest BCUT2D eigenvalue weighted by Gasteiger charge is 2.48. The van der Waals surface area contributed by atoms with Gasteiger partial charge in [0, 0.05) is 6.04 Å². The number of aliphatic carboxylic acids is 1. The summed E-state index contributed by atoms with van der Waals surface area (Å²) >= 11 is 0. The number of piperidine rings is 1. The first-order valence-corrected chi connectivity index (χ1v) is 9.97. The maximum absolute atomic E-state index is 15.3. The first kappa shape index (κ1) is 19.6. The SMILES string of the molecule is CC1CCC2=CC(F)C3=C(OC=C4C(c5ccc(F)cc5)N=C(C(=O)O)C(=O)N43)C2N1. The van der Waals surface area contributed by atoms with Crippen LogP contribution in [0.4, 0.5) is 8.78 Å². The van der Waals surface area contributed by atoms with Gasteiger partial charge in [0.25, 0.3) is 5.91 Å². The van der Waals surface area contributed by atoms with Gasteiger partial charge in [-0.15, -0.1) is 0 Å². The topological polar surface area (TPSA) is 91.2 Å². The van der Waals surface area contributed by atoms with Crippen molar-refractivity contribution in [1.82, 2.24) is 10.2 Å². The summed E-state index contributed by atoms with van der Waals surface area (Å²) in [4.78, 5) is 30.0. The second-order valence-electron chi connectivity index (χ2n) is 7.97. The fraction of sp³-hybridized carbons (Fsp3) is 0.318. The molecule has 0 spiro atoms. The molecule has 0 bridgehead atoms. The van der Waals surface area contributed by atoms with Gasteiger partial charge in [0.05, 0.1) is 11.7 Å². The number of halogens is 2. The molecular weight excluding hydrogens is 408 g/mol. The van der Waals surface area contributed by atoms with Crippen LogP contribution in [0.3, 0.4) is 0 Å². The number of aliphatic imine (C=N–C) groups is 1. The third-order valence-corrected chi connectivity index (χ3v) is 5.96. The molecule has 31 heavy (non-hydrogen) atoms. The van der Waals surface area contributed by atoms with Gasteiger partial charge in [-0.05, 0) is 49.1 Å². The molecule has 9 heteroatoms. The van der Waals surface area contributed by atoms with Crippen LogP contribution in [0.1, 0.15) is 31.4 Å². The van der Waals surface area contributed by atoms with Gasteiger partial charge in [-0.25, -0.2) is 13.6 Å². The molecule has 2 N–H and O–H groups in total. The number of rotatable bonds is 2. The van der Waals surface area contributed by atoms with E-state index in [-0.39, 0.29) is 23.2 Å². The molecule has 1 aromatic carbocycles. The minimum absolute atomic E-state index is 0.0430. The molecule has 160 valence electrons. The Kier molecular flexibility index (Phi) is 4.51. The number of carboxylic acid groups (broad SMARTS) is 1. The molecule has 1 saturated heterocycles. The van der Waals surface area contributed by atoms with E-state index in [4.69, 9.17) is 4.74 Å². The molecule has 4 aliphatic rings. The van der Waals surface area contributed by atoms with Crippen molar-refractivity contribution in [3.8, 4) is 0 Å². The van der Waals surface area contributed by atoms with E-state index in [0.717, 1.165) is 16.9 Å².